The molecule has 1 aromatic carbocycles. The van der Waals surface area contributed by atoms with Gasteiger partial charge in [0, 0.05) is 5.56 Å². The number of aryl methyl sites for hydroxylation is 1. The van der Waals surface area contributed by atoms with Crippen LogP contribution in [0.1, 0.15) is 50.2 Å². The van der Waals surface area contributed by atoms with Crippen molar-refractivity contribution in [3.63, 3.8) is 0 Å². The molecule has 0 unspecified atom stereocenters. The van der Waals surface area contributed by atoms with E-state index >= 15 is 0 Å². The first-order valence-electron chi connectivity index (χ1n) is 9.64. The molecule has 5 heteroatoms. The Morgan fingerprint density at radius 1 is 1.19 bits per heavy atom. The molecule has 1 amide bonds. The van der Waals surface area contributed by atoms with Crippen LogP contribution < -0.4 is 14.8 Å². The Hall–Kier alpha value is -2.56. The number of nitrogens with one attached hydrogen (secondary N) is 1. The van der Waals surface area contributed by atoms with Gasteiger partial charge in [-0.2, -0.15) is 0 Å². The first kappa shape index (κ1) is 19.2. The number of anilines is 1. The fraction of sp³-hybridized carbons (Fsp3) is 0.455. The van der Waals surface area contributed by atoms with Crippen molar-refractivity contribution in [2.45, 2.75) is 51.4 Å². The number of amides is 1. The van der Waals surface area contributed by atoms with Crippen LogP contribution in [0.4, 0.5) is 5.69 Å². The van der Waals surface area contributed by atoms with Crippen LogP contribution in [0.15, 0.2) is 36.5 Å². The number of benzene rings is 1. The smallest absolute Gasteiger partial charge is 0.235 e. The number of carbonyl (C=O) groups excluding carboxylic acids is 1. The fourth-order valence-electron chi connectivity index (χ4n) is 3.88. The highest BCUT2D eigenvalue weighted by Gasteiger charge is 2.41. The maximum atomic E-state index is 13.4. The second-order valence-corrected chi connectivity index (χ2v) is 7.10. The van der Waals surface area contributed by atoms with Gasteiger partial charge in [-0.15, -0.1) is 0 Å². The molecule has 1 saturated carbocycles. The van der Waals surface area contributed by atoms with Crippen molar-refractivity contribution in [1.29, 1.82) is 0 Å². The minimum absolute atomic E-state index is 0.0396. The van der Waals surface area contributed by atoms with E-state index in [9.17, 15) is 4.79 Å². The number of nitrogens with zero attached hydrogens (tertiary/aromatic N) is 1. The van der Waals surface area contributed by atoms with Gasteiger partial charge in [0.1, 0.15) is 5.75 Å². The van der Waals surface area contributed by atoms with E-state index in [1.54, 1.807) is 13.3 Å². The van der Waals surface area contributed by atoms with E-state index in [0.29, 0.717) is 18.2 Å². The van der Waals surface area contributed by atoms with Crippen molar-refractivity contribution in [3.05, 3.63) is 47.7 Å². The lowest BCUT2D eigenvalue weighted by Gasteiger charge is -2.36. The number of aromatic nitrogens is 1. The molecule has 0 atom stereocenters. The highest BCUT2D eigenvalue weighted by atomic mass is 16.5. The van der Waals surface area contributed by atoms with E-state index in [0.717, 1.165) is 42.6 Å². The summed E-state index contributed by atoms with van der Waals surface area (Å²) < 4.78 is 10.8. The van der Waals surface area contributed by atoms with Crippen LogP contribution in [0, 0.1) is 6.92 Å². The van der Waals surface area contributed by atoms with Gasteiger partial charge in [-0.25, -0.2) is 4.98 Å². The van der Waals surface area contributed by atoms with Crippen LogP contribution in [-0.4, -0.2) is 24.6 Å². The summed E-state index contributed by atoms with van der Waals surface area (Å²) in [5.74, 6) is 1.45. The second kappa shape index (κ2) is 8.42. The molecule has 1 heterocycles. The van der Waals surface area contributed by atoms with Gasteiger partial charge in [0.25, 0.3) is 0 Å². The number of rotatable bonds is 6. The minimum atomic E-state index is -0.503. The summed E-state index contributed by atoms with van der Waals surface area (Å²) in [6.07, 6.45) is 6.67. The van der Waals surface area contributed by atoms with Crippen molar-refractivity contribution in [2.24, 2.45) is 0 Å². The number of pyridine rings is 1. The normalized spacial score (nSPS) is 15.8. The monoisotopic (exact) mass is 368 g/mol. The molecule has 0 aliphatic heterocycles. The van der Waals surface area contributed by atoms with Crippen LogP contribution in [0.3, 0.4) is 0 Å². The average molecular weight is 368 g/mol. The van der Waals surface area contributed by atoms with E-state index in [4.69, 9.17) is 9.47 Å². The number of hydrogen-bond donors (Lipinski definition) is 1. The summed E-state index contributed by atoms with van der Waals surface area (Å²) in [5, 5.41) is 3.10. The molecule has 1 aliphatic rings. The molecule has 144 valence electrons. The minimum Gasteiger partial charge on any atom is -0.497 e. The van der Waals surface area contributed by atoms with Gasteiger partial charge < -0.3 is 14.8 Å². The highest BCUT2D eigenvalue weighted by molar-refractivity contribution is 5.99. The predicted octanol–water partition coefficient (Wildman–Crippen LogP) is 4.64. The Morgan fingerprint density at radius 3 is 2.48 bits per heavy atom. The maximum absolute atomic E-state index is 13.4. The van der Waals surface area contributed by atoms with Gasteiger partial charge in [0.15, 0.2) is 0 Å². The predicted molar refractivity (Wildman–Crippen MR) is 107 cm³/mol. The Morgan fingerprint density at radius 2 is 1.89 bits per heavy atom. The molecule has 0 spiro atoms. The van der Waals surface area contributed by atoms with E-state index in [-0.39, 0.29) is 5.91 Å². The lowest BCUT2D eigenvalue weighted by Crippen LogP contribution is -2.42. The van der Waals surface area contributed by atoms with Gasteiger partial charge in [-0.05, 0) is 50.5 Å². The Bertz CT molecular complexity index is 781. The molecule has 5 nitrogen and oxygen atoms in total. The third-order valence-electron chi connectivity index (χ3n) is 5.35. The quantitative estimate of drug-likeness (QED) is 0.807. The SMILES string of the molecule is CCOc1ncc(NC(=O)C2(c3ccc(OC)cc3)CCCCC2)cc1C. The molecule has 1 fully saturated rings. The van der Waals surface area contributed by atoms with Crippen molar-refractivity contribution in [2.75, 3.05) is 19.0 Å². The Labute approximate surface area is 161 Å². The molecule has 2 aromatic rings. The molecule has 27 heavy (non-hydrogen) atoms. The summed E-state index contributed by atoms with van der Waals surface area (Å²) in [6, 6.07) is 9.82. The number of ether oxygens (including phenoxy) is 2. The number of hydrogen-bond acceptors (Lipinski definition) is 4. The third kappa shape index (κ3) is 4.07. The largest absolute Gasteiger partial charge is 0.497 e. The Kier molecular flexibility index (Phi) is 5.99. The van der Waals surface area contributed by atoms with E-state index in [1.807, 2.05) is 44.2 Å². The zero-order valence-corrected chi connectivity index (χ0v) is 16.4. The molecule has 1 aliphatic carbocycles. The lowest BCUT2D eigenvalue weighted by molar-refractivity contribution is -0.122. The molecule has 1 N–H and O–H groups in total. The zero-order chi connectivity index (χ0) is 19.3. The van der Waals surface area contributed by atoms with Gasteiger partial charge in [0.05, 0.1) is 31.0 Å². The first-order chi connectivity index (χ1) is 13.1. The van der Waals surface area contributed by atoms with Gasteiger partial charge >= 0.3 is 0 Å². The fourth-order valence-corrected chi connectivity index (χ4v) is 3.88. The van der Waals surface area contributed by atoms with Crippen molar-refractivity contribution < 1.29 is 14.3 Å². The summed E-state index contributed by atoms with van der Waals surface area (Å²) >= 11 is 0. The lowest BCUT2D eigenvalue weighted by atomic mass is 9.68. The highest BCUT2D eigenvalue weighted by Crippen LogP contribution is 2.41. The summed E-state index contributed by atoms with van der Waals surface area (Å²) in [4.78, 5) is 17.7. The topological polar surface area (TPSA) is 60.5 Å². The van der Waals surface area contributed by atoms with Crippen LogP contribution in [0.5, 0.6) is 11.6 Å². The van der Waals surface area contributed by atoms with E-state index < -0.39 is 5.41 Å². The van der Waals surface area contributed by atoms with Crippen LogP contribution in [-0.2, 0) is 10.2 Å². The molecule has 0 radical (unpaired) electrons. The molecule has 3 rings (SSSR count). The standard InChI is InChI=1S/C22H28N2O3/c1-4-27-20-16(2)14-18(15-23-20)24-21(25)22(12-6-5-7-13-22)17-8-10-19(26-3)11-9-17/h8-11,14-15H,4-7,12-13H2,1-3H3,(H,24,25). The van der Waals surface area contributed by atoms with E-state index in [1.165, 1.54) is 6.42 Å². The summed E-state index contributed by atoms with van der Waals surface area (Å²) in [7, 11) is 1.65. The molecule has 1 aromatic heterocycles. The zero-order valence-electron chi connectivity index (χ0n) is 16.4. The number of carbonyl (C=O) groups is 1. The third-order valence-corrected chi connectivity index (χ3v) is 5.35. The molecule has 0 bridgehead atoms. The second-order valence-electron chi connectivity index (χ2n) is 7.10. The van der Waals surface area contributed by atoms with Crippen molar-refractivity contribution in [3.8, 4) is 11.6 Å². The maximum Gasteiger partial charge on any atom is 0.235 e. The molecule has 0 saturated heterocycles. The molecular formula is C22H28N2O3. The van der Waals surface area contributed by atoms with Crippen LogP contribution in [0.2, 0.25) is 0 Å². The van der Waals surface area contributed by atoms with Crippen molar-refractivity contribution in [1.82, 2.24) is 4.98 Å². The van der Waals surface area contributed by atoms with Crippen LogP contribution >= 0.6 is 0 Å². The van der Waals surface area contributed by atoms with E-state index in [2.05, 4.69) is 10.3 Å². The Balaban J connectivity index is 1.86. The van der Waals surface area contributed by atoms with Crippen molar-refractivity contribution >= 4 is 11.6 Å². The summed E-state index contributed by atoms with van der Waals surface area (Å²) in [5.41, 5.74) is 2.17. The average Bonchev–Trinajstić information content (AvgIpc) is 2.70. The van der Waals surface area contributed by atoms with Crippen LogP contribution in [0.25, 0.3) is 0 Å². The van der Waals surface area contributed by atoms with Gasteiger partial charge in [-0.3, -0.25) is 4.79 Å². The molecular weight excluding hydrogens is 340 g/mol. The summed E-state index contributed by atoms with van der Waals surface area (Å²) in [6.45, 7) is 4.44. The first-order valence-corrected chi connectivity index (χ1v) is 9.64. The van der Waals surface area contributed by atoms with Gasteiger partial charge in [0.2, 0.25) is 11.8 Å². The number of methoxy groups -OCH3 is 1. The van der Waals surface area contributed by atoms with Gasteiger partial charge in [-0.1, -0.05) is 31.4 Å².